The number of methoxy groups -OCH3 is 1. The van der Waals surface area contributed by atoms with Gasteiger partial charge >= 0.3 is 0 Å². The lowest BCUT2D eigenvalue weighted by molar-refractivity contribution is -0.116. The first-order chi connectivity index (χ1) is 13.5. The summed E-state index contributed by atoms with van der Waals surface area (Å²) in [4.78, 5) is 24.6. The highest BCUT2D eigenvalue weighted by molar-refractivity contribution is 6.03. The highest BCUT2D eigenvalue weighted by Gasteiger charge is 2.13. The number of anilines is 1. The van der Waals surface area contributed by atoms with Crippen molar-refractivity contribution in [3.8, 4) is 11.5 Å². The molecule has 6 heteroatoms. The predicted molar refractivity (Wildman–Crippen MR) is 110 cm³/mol. The van der Waals surface area contributed by atoms with Crippen LogP contribution in [0.3, 0.4) is 0 Å². The fourth-order valence-corrected chi connectivity index (χ4v) is 2.49. The number of carbonyl (C=O) groups is 2. The molecule has 0 radical (unpaired) electrons. The van der Waals surface area contributed by atoms with Crippen molar-refractivity contribution in [3.05, 3.63) is 54.1 Å². The van der Waals surface area contributed by atoms with Gasteiger partial charge in [-0.25, -0.2) is 0 Å². The first kappa shape index (κ1) is 21.3. The molecule has 2 aromatic carbocycles. The summed E-state index contributed by atoms with van der Waals surface area (Å²) in [5.41, 5.74) is 0.982. The summed E-state index contributed by atoms with van der Waals surface area (Å²) in [6.45, 7) is 5.07. The van der Waals surface area contributed by atoms with Gasteiger partial charge in [-0.15, -0.1) is 0 Å². The fourth-order valence-electron chi connectivity index (χ4n) is 2.49. The van der Waals surface area contributed by atoms with Gasteiger partial charge < -0.3 is 20.1 Å². The summed E-state index contributed by atoms with van der Waals surface area (Å²) < 4.78 is 10.7. The SMILES string of the molecule is COc1ccc(OCCCC(=O)Nc2ccccc2C(=O)NCC(C)C)cc1. The highest BCUT2D eigenvalue weighted by atomic mass is 16.5. The van der Waals surface area contributed by atoms with Crippen LogP contribution in [0.1, 0.15) is 37.0 Å². The topological polar surface area (TPSA) is 76.7 Å². The zero-order valence-electron chi connectivity index (χ0n) is 16.7. The minimum atomic E-state index is -0.188. The summed E-state index contributed by atoms with van der Waals surface area (Å²) in [7, 11) is 1.61. The van der Waals surface area contributed by atoms with E-state index in [1.54, 1.807) is 31.4 Å². The second kappa shape index (κ2) is 11.0. The molecule has 0 aliphatic heterocycles. The van der Waals surface area contributed by atoms with Crippen molar-refractivity contribution in [1.82, 2.24) is 5.32 Å². The average Bonchev–Trinajstić information content (AvgIpc) is 2.70. The van der Waals surface area contributed by atoms with Crippen molar-refractivity contribution >= 4 is 17.5 Å². The van der Waals surface area contributed by atoms with Gasteiger partial charge in [0.2, 0.25) is 5.91 Å². The van der Waals surface area contributed by atoms with Crippen molar-refractivity contribution < 1.29 is 19.1 Å². The first-order valence-corrected chi connectivity index (χ1v) is 9.43. The van der Waals surface area contributed by atoms with Crippen LogP contribution in [-0.4, -0.2) is 32.1 Å². The van der Waals surface area contributed by atoms with Gasteiger partial charge in [-0.05, 0) is 48.7 Å². The zero-order chi connectivity index (χ0) is 20.4. The molecule has 0 saturated heterocycles. The van der Waals surface area contributed by atoms with Crippen LogP contribution in [0.4, 0.5) is 5.69 Å². The van der Waals surface area contributed by atoms with Gasteiger partial charge in [0.05, 0.1) is 25.0 Å². The summed E-state index contributed by atoms with van der Waals surface area (Å²) in [6.07, 6.45) is 0.873. The van der Waals surface area contributed by atoms with Crippen molar-refractivity contribution in [3.63, 3.8) is 0 Å². The minimum absolute atomic E-state index is 0.151. The Balaban J connectivity index is 1.80. The first-order valence-electron chi connectivity index (χ1n) is 9.43. The summed E-state index contributed by atoms with van der Waals surface area (Å²) in [5.74, 6) is 1.52. The Labute approximate surface area is 166 Å². The van der Waals surface area contributed by atoms with E-state index >= 15 is 0 Å². The van der Waals surface area contributed by atoms with Gasteiger partial charge in [0.15, 0.2) is 0 Å². The molecule has 0 saturated carbocycles. The molecule has 0 aliphatic rings. The second-order valence-corrected chi connectivity index (χ2v) is 6.83. The number of nitrogens with one attached hydrogen (secondary N) is 2. The third-order valence-corrected chi connectivity index (χ3v) is 3.99. The molecular formula is C22H28N2O4. The van der Waals surface area contributed by atoms with Crippen molar-refractivity contribution in [2.75, 3.05) is 25.6 Å². The zero-order valence-corrected chi connectivity index (χ0v) is 16.7. The van der Waals surface area contributed by atoms with Crippen LogP contribution in [0.25, 0.3) is 0 Å². The number of hydrogen-bond acceptors (Lipinski definition) is 4. The van der Waals surface area contributed by atoms with Crippen LogP contribution in [0.2, 0.25) is 0 Å². The summed E-state index contributed by atoms with van der Waals surface area (Å²) in [5, 5.41) is 5.69. The fraction of sp³-hybridized carbons (Fsp3) is 0.364. The Morgan fingerprint density at radius 2 is 1.68 bits per heavy atom. The van der Waals surface area contributed by atoms with E-state index < -0.39 is 0 Å². The maximum absolute atomic E-state index is 12.3. The maximum Gasteiger partial charge on any atom is 0.253 e. The highest BCUT2D eigenvalue weighted by Crippen LogP contribution is 2.18. The van der Waals surface area contributed by atoms with Gasteiger partial charge in [0, 0.05) is 13.0 Å². The largest absolute Gasteiger partial charge is 0.497 e. The molecule has 2 aromatic rings. The van der Waals surface area contributed by atoms with E-state index in [1.807, 2.05) is 38.1 Å². The maximum atomic E-state index is 12.3. The van der Waals surface area contributed by atoms with Crippen LogP contribution in [0.15, 0.2) is 48.5 Å². The van der Waals surface area contributed by atoms with Gasteiger partial charge in [0.1, 0.15) is 11.5 Å². The molecular weight excluding hydrogens is 356 g/mol. The third-order valence-electron chi connectivity index (χ3n) is 3.99. The molecule has 28 heavy (non-hydrogen) atoms. The summed E-state index contributed by atoms with van der Waals surface area (Å²) in [6, 6.07) is 14.3. The van der Waals surface area contributed by atoms with Crippen LogP contribution < -0.4 is 20.1 Å². The van der Waals surface area contributed by atoms with E-state index in [2.05, 4.69) is 10.6 Å². The van der Waals surface area contributed by atoms with Crippen molar-refractivity contribution in [2.24, 2.45) is 5.92 Å². The van der Waals surface area contributed by atoms with E-state index in [-0.39, 0.29) is 11.8 Å². The van der Waals surface area contributed by atoms with E-state index in [0.717, 1.165) is 11.5 Å². The van der Waals surface area contributed by atoms with Gasteiger partial charge in [0.25, 0.3) is 5.91 Å². The lowest BCUT2D eigenvalue weighted by atomic mass is 10.1. The number of hydrogen-bond donors (Lipinski definition) is 2. The van der Waals surface area contributed by atoms with Crippen LogP contribution in [0.5, 0.6) is 11.5 Å². The van der Waals surface area contributed by atoms with Gasteiger partial charge in [-0.2, -0.15) is 0 Å². The molecule has 0 aromatic heterocycles. The lowest BCUT2D eigenvalue weighted by Gasteiger charge is -2.12. The van der Waals surface area contributed by atoms with Crippen LogP contribution in [0, 0.1) is 5.92 Å². The molecule has 0 spiro atoms. The number of amides is 2. The molecule has 0 heterocycles. The van der Waals surface area contributed by atoms with E-state index in [4.69, 9.17) is 9.47 Å². The number of benzene rings is 2. The van der Waals surface area contributed by atoms with E-state index in [9.17, 15) is 9.59 Å². The predicted octanol–water partition coefficient (Wildman–Crippen LogP) is 3.88. The Morgan fingerprint density at radius 3 is 2.36 bits per heavy atom. The Kier molecular flexibility index (Phi) is 8.34. The van der Waals surface area contributed by atoms with Crippen LogP contribution >= 0.6 is 0 Å². The molecule has 0 aliphatic carbocycles. The third kappa shape index (κ3) is 6.95. The van der Waals surface area contributed by atoms with Crippen molar-refractivity contribution in [1.29, 1.82) is 0 Å². The van der Waals surface area contributed by atoms with Gasteiger partial charge in [-0.3, -0.25) is 9.59 Å². The number of para-hydroxylation sites is 1. The number of ether oxygens (including phenoxy) is 2. The Morgan fingerprint density at radius 1 is 1.00 bits per heavy atom. The lowest BCUT2D eigenvalue weighted by Crippen LogP contribution is -2.28. The molecule has 2 amide bonds. The minimum Gasteiger partial charge on any atom is -0.497 e. The second-order valence-electron chi connectivity index (χ2n) is 6.83. The van der Waals surface area contributed by atoms with E-state index in [1.165, 1.54) is 0 Å². The number of rotatable bonds is 10. The smallest absolute Gasteiger partial charge is 0.253 e. The molecule has 6 nitrogen and oxygen atoms in total. The van der Waals surface area contributed by atoms with E-state index in [0.29, 0.717) is 43.2 Å². The van der Waals surface area contributed by atoms with Gasteiger partial charge in [-0.1, -0.05) is 26.0 Å². The molecule has 0 atom stereocenters. The Bertz CT molecular complexity index is 772. The molecule has 2 rings (SSSR count). The molecule has 2 N–H and O–H groups in total. The summed E-state index contributed by atoms with van der Waals surface area (Å²) >= 11 is 0. The number of carbonyl (C=O) groups excluding carboxylic acids is 2. The van der Waals surface area contributed by atoms with Crippen molar-refractivity contribution in [2.45, 2.75) is 26.7 Å². The average molecular weight is 384 g/mol. The monoisotopic (exact) mass is 384 g/mol. The molecule has 0 bridgehead atoms. The van der Waals surface area contributed by atoms with Crippen LogP contribution in [-0.2, 0) is 4.79 Å². The normalized spacial score (nSPS) is 10.4. The quantitative estimate of drug-likeness (QED) is 0.610. The Hall–Kier alpha value is -3.02. The standard InChI is InChI=1S/C22H28N2O4/c1-16(2)15-23-22(26)19-7-4-5-8-20(19)24-21(25)9-6-14-28-18-12-10-17(27-3)11-13-18/h4-5,7-8,10-13,16H,6,9,14-15H2,1-3H3,(H,23,26)(H,24,25). The molecule has 0 unspecified atom stereocenters. The molecule has 0 fully saturated rings. The molecule has 150 valence electrons.